The fourth-order valence-electron chi connectivity index (χ4n) is 4.37. The number of rotatable bonds is 5. The van der Waals surface area contributed by atoms with Gasteiger partial charge in [0.1, 0.15) is 18.0 Å². The van der Waals surface area contributed by atoms with Crippen molar-refractivity contribution in [3.63, 3.8) is 0 Å². The van der Waals surface area contributed by atoms with Crippen molar-refractivity contribution in [1.29, 1.82) is 0 Å². The highest BCUT2D eigenvalue weighted by Gasteiger charge is 2.35. The number of amides is 1. The first-order chi connectivity index (χ1) is 14.3. The minimum absolute atomic E-state index is 0.00680. The third kappa shape index (κ3) is 3.83. The molecule has 2 heterocycles. The molecule has 1 aliphatic heterocycles. The Labute approximate surface area is 174 Å². The molecule has 9 nitrogen and oxygen atoms in total. The standard InChI is InChI=1S/C20H26N4O5S/c1-23-16-11-18(25)17(24-12-19(26)22-30(24,28)29)10-14(16)9-15(20(23)27)21-8-7-13-5-3-2-4-6-13/h9-11,13,21,25H,2-8,12H2,1H3,(H,22,26). The van der Waals surface area contributed by atoms with Crippen LogP contribution in [0.25, 0.3) is 10.9 Å². The Morgan fingerprint density at radius 3 is 2.57 bits per heavy atom. The van der Waals surface area contributed by atoms with Crippen molar-refractivity contribution in [3.8, 4) is 5.75 Å². The second kappa shape index (κ2) is 7.82. The topological polar surface area (TPSA) is 121 Å². The molecule has 0 spiro atoms. The number of phenols is 1. The number of hydrogen-bond donors (Lipinski definition) is 3. The van der Waals surface area contributed by atoms with Gasteiger partial charge in [0.15, 0.2) is 0 Å². The number of fused-ring (bicyclic) bond motifs is 1. The van der Waals surface area contributed by atoms with Crippen LogP contribution in [-0.4, -0.2) is 37.1 Å². The normalized spacial score (nSPS) is 19.2. The quantitative estimate of drug-likeness (QED) is 0.660. The Morgan fingerprint density at radius 1 is 1.17 bits per heavy atom. The first kappa shape index (κ1) is 20.5. The molecule has 1 aliphatic carbocycles. The number of pyridine rings is 1. The maximum absolute atomic E-state index is 12.7. The van der Waals surface area contributed by atoms with E-state index in [-0.39, 0.29) is 17.0 Å². The minimum Gasteiger partial charge on any atom is -0.506 e. The summed E-state index contributed by atoms with van der Waals surface area (Å²) in [6, 6.07) is 4.49. The molecule has 0 atom stereocenters. The molecular formula is C20H26N4O5S. The lowest BCUT2D eigenvalue weighted by Crippen LogP contribution is -2.29. The van der Waals surface area contributed by atoms with E-state index in [0.717, 1.165) is 10.7 Å². The Hall–Kier alpha value is -2.75. The van der Waals surface area contributed by atoms with E-state index in [1.165, 1.54) is 48.8 Å². The van der Waals surface area contributed by atoms with Crippen LogP contribution >= 0.6 is 0 Å². The summed E-state index contributed by atoms with van der Waals surface area (Å²) in [5, 5.41) is 14.2. The molecule has 1 saturated carbocycles. The van der Waals surface area contributed by atoms with Crippen molar-refractivity contribution in [2.75, 3.05) is 22.7 Å². The molecule has 4 rings (SSSR count). The molecule has 0 unspecified atom stereocenters. The van der Waals surface area contributed by atoms with Gasteiger partial charge in [0.25, 0.3) is 11.5 Å². The third-order valence-corrected chi connectivity index (χ3v) is 7.39. The Bertz CT molecular complexity index is 1150. The van der Waals surface area contributed by atoms with Gasteiger partial charge in [-0.2, -0.15) is 8.42 Å². The summed E-state index contributed by atoms with van der Waals surface area (Å²) in [5.74, 6) is -0.305. The van der Waals surface area contributed by atoms with E-state index >= 15 is 0 Å². The summed E-state index contributed by atoms with van der Waals surface area (Å²) in [6.45, 7) is 0.287. The number of aromatic nitrogens is 1. The number of anilines is 2. The summed E-state index contributed by atoms with van der Waals surface area (Å²) in [5.41, 5.74) is 0.669. The van der Waals surface area contributed by atoms with Crippen molar-refractivity contribution in [1.82, 2.24) is 9.29 Å². The van der Waals surface area contributed by atoms with Crippen molar-refractivity contribution < 1.29 is 18.3 Å². The van der Waals surface area contributed by atoms with Crippen LogP contribution in [-0.2, 0) is 22.1 Å². The zero-order chi connectivity index (χ0) is 21.5. The van der Waals surface area contributed by atoms with E-state index < -0.39 is 22.7 Å². The van der Waals surface area contributed by atoms with Gasteiger partial charge in [-0.1, -0.05) is 32.1 Å². The molecule has 30 heavy (non-hydrogen) atoms. The maximum Gasteiger partial charge on any atom is 0.326 e. The van der Waals surface area contributed by atoms with Gasteiger partial charge < -0.3 is 15.0 Å². The van der Waals surface area contributed by atoms with Gasteiger partial charge in [-0.15, -0.1) is 0 Å². The van der Waals surface area contributed by atoms with Crippen LogP contribution in [0.4, 0.5) is 11.4 Å². The molecule has 2 fully saturated rings. The SMILES string of the molecule is Cn1c(=O)c(NCCC2CCCCC2)cc2cc(N3CC(=O)NS3(=O)=O)c(O)cc21. The lowest BCUT2D eigenvalue weighted by molar-refractivity contribution is -0.117. The van der Waals surface area contributed by atoms with Crippen LogP contribution in [0.5, 0.6) is 5.75 Å². The van der Waals surface area contributed by atoms with Crippen LogP contribution in [0.1, 0.15) is 38.5 Å². The maximum atomic E-state index is 12.7. The summed E-state index contributed by atoms with van der Waals surface area (Å²) < 4.78 is 28.4. The zero-order valence-electron chi connectivity index (χ0n) is 16.8. The van der Waals surface area contributed by atoms with E-state index in [1.807, 2.05) is 4.72 Å². The predicted octanol–water partition coefficient (Wildman–Crippen LogP) is 1.81. The second-order valence-corrected chi connectivity index (χ2v) is 9.67. The molecule has 1 saturated heterocycles. The second-order valence-electron chi connectivity index (χ2n) is 8.08. The molecule has 0 bridgehead atoms. The number of phenolic OH excluding ortho intramolecular Hbond substituents is 1. The van der Waals surface area contributed by atoms with Crippen LogP contribution in [0.3, 0.4) is 0 Å². The van der Waals surface area contributed by atoms with Crippen molar-refractivity contribution in [3.05, 3.63) is 28.6 Å². The average Bonchev–Trinajstić information content (AvgIpc) is 2.98. The van der Waals surface area contributed by atoms with Gasteiger partial charge in [-0.05, 0) is 24.5 Å². The smallest absolute Gasteiger partial charge is 0.326 e. The number of hydrogen-bond acceptors (Lipinski definition) is 6. The van der Waals surface area contributed by atoms with E-state index in [2.05, 4.69) is 5.32 Å². The summed E-state index contributed by atoms with van der Waals surface area (Å²) >= 11 is 0. The van der Waals surface area contributed by atoms with Crippen LogP contribution in [0.2, 0.25) is 0 Å². The number of carbonyl (C=O) groups is 1. The molecule has 1 aromatic carbocycles. The van der Waals surface area contributed by atoms with Crippen molar-refractivity contribution in [2.45, 2.75) is 38.5 Å². The van der Waals surface area contributed by atoms with E-state index in [4.69, 9.17) is 0 Å². The monoisotopic (exact) mass is 434 g/mol. The van der Waals surface area contributed by atoms with Crippen molar-refractivity contribution >= 4 is 38.4 Å². The number of aromatic hydroxyl groups is 1. The van der Waals surface area contributed by atoms with Gasteiger partial charge in [0.05, 0.1) is 11.2 Å². The molecule has 3 N–H and O–H groups in total. The van der Waals surface area contributed by atoms with Gasteiger partial charge in [0.2, 0.25) is 0 Å². The summed E-state index contributed by atoms with van der Waals surface area (Å²) in [7, 11) is -2.44. The highest BCUT2D eigenvalue weighted by Crippen LogP contribution is 2.35. The molecule has 0 radical (unpaired) electrons. The lowest BCUT2D eigenvalue weighted by atomic mass is 9.87. The number of nitrogens with zero attached hydrogens (tertiary/aromatic N) is 2. The highest BCUT2D eigenvalue weighted by atomic mass is 32.2. The molecule has 1 amide bonds. The van der Waals surface area contributed by atoms with E-state index in [0.29, 0.717) is 29.1 Å². The van der Waals surface area contributed by atoms with Gasteiger partial charge in [-0.25, -0.2) is 9.03 Å². The van der Waals surface area contributed by atoms with Gasteiger partial charge in [-0.3, -0.25) is 9.59 Å². The molecule has 162 valence electrons. The van der Waals surface area contributed by atoms with Gasteiger partial charge >= 0.3 is 10.2 Å². The van der Waals surface area contributed by atoms with Crippen molar-refractivity contribution in [2.24, 2.45) is 13.0 Å². The Balaban J connectivity index is 1.64. The summed E-state index contributed by atoms with van der Waals surface area (Å²) in [6.07, 6.45) is 7.31. The number of carbonyl (C=O) groups excluding carboxylic acids is 1. The minimum atomic E-state index is -4.05. The molecule has 2 aliphatic rings. The Kier molecular flexibility index (Phi) is 5.35. The van der Waals surface area contributed by atoms with Gasteiger partial charge in [0, 0.05) is 25.0 Å². The molecule has 10 heteroatoms. The van der Waals surface area contributed by atoms with E-state index in [1.54, 1.807) is 13.1 Å². The lowest BCUT2D eigenvalue weighted by Gasteiger charge is -2.22. The van der Waals surface area contributed by atoms with E-state index in [9.17, 15) is 23.1 Å². The molecule has 1 aromatic heterocycles. The van der Waals surface area contributed by atoms with Crippen LogP contribution in [0.15, 0.2) is 23.0 Å². The largest absolute Gasteiger partial charge is 0.506 e. The predicted molar refractivity (Wildman–Crippen MR) is 115 cm³/mol. The fourth-order valence-corrected chi connectivity index (χ4v) is 5.52. The van der Waals surface area contributed by atoms with Crippen LogP contribution < -0.4 is 19.9 Å². The summed E-state index contributed by atoms with van der Waals surface area (Å²) in [4.78, 5) is 24.3. The third-order valence-electron chi connectivity index (χ3n) is 6.00. The first-order valence-corrected chi connectivity index (χ1v) is 11.6. The average molecular weight is 435 g/mol. The highest BCUT2D eigenvalue weighted by molar-refractivity contribution is 7.92. The molecular weight excluding hydrogens is 408 g/mol. The molecule has 2 aromatic rings. The van der Waals surface area contributed by atoms with Crippen LogP contribution in [0, 0.1) is 5.92 Å². The Morgan fingerprint density at radius 2 is 1.90 bits per heavy atom. The zero-order valence-corrected chi connectivity index (χ0v) is 17.7. The number of benzene rings is 1. The fraction of sp³-hybridized carbons (Fsp3) is 0.500. The number of aryl methyl sites for hydroxylation is 1. The number of nitrogens with one attached hydrogen (secondary N) is 2. The first-order valence-electron chi connectivity index (χ1n) is 10.2.